The Morgan fingerprint density at radius 1 is 0.656 bits per heavy atom. The Bertz CT molecular complexity index is 1690. The number of nitrogens with zero attached hydrogens (tertiary/aromatic N) is 2. The molecule has 0 spiro atoms. The van der Waals surface area contributed by atoms with Crippen LogP contribution in [0, 0.1) is 6.92 Å². The Morgan fingerprint density at radius 3 is 1.94 bits per heavy atom. The molecule has 0 amide bonds. The number of ether oxygens (including phenoxy) is 1. The molecule has 0 fully saturated rings. The van der Waals surface area contributed by atoms with Gasteiger partial charge >= 0.3 is 5.97 Å². The van der Waals surface area contributed by atoms with Gasteiger partial charge in [-0.25, -0.2) is 14.8 Å². The van der Waals surface area contributed by atoms with Crippen molar-refractivity contribution in [2.75, 3.05) is 0 Å². The Hall–Kier alpha value is -4.31. The van der Waals surface area contributed by atoms with Crippen molar-refractivity contribution in [2.45, 2.75) is 6.92 Å². The van der Waals surface area contributed by atoms with Crippen LogP contribution < -0.4 is 4.74 Å². The molecule has 4 heteroatoms. The van der Waals surface area contributed by atoms with Gasteiger partial charge in [-0.3, -0.25) is 0 Å². The van der Waals surface area contributed by atoms with E-state index < -0.39 is 5.97 Å². The number of aromatic nitrogens is 2. The molecule has 0 saturated carbocycles. The zero-order valence-electron chi connectivity index (χ0n) is 17.4. The van der Waals surface area contributed by atoms with Gasteiger partial charge in [-0.1, -0.05) is 60.7 Å². The fourth-order valence-corrected chi connectivity index (χ4v) is 4.25. The van der Waals surface area contributed by atoms with Gasteiger partial charge in [0, 0.05) is 10.8 Å². The average molecular weight is 414 g/mol. The third-order valence-corrected chi connectivity index (χ3v) is 5.75. The molecule has 1 aromatic heterocycles. The van der Waals surface area contributed by atoms with Crippen molar-refractivity contribution in [1.29, 1.82) is 0 Å². The van der Waals surface area contributed by atoms with Crippen molar-refractivity contribution < 1.29 is 9.53 Å². The number of hydrogen-bond donors (Lipinski definition) is 0. The minimum Gasteiger partial charge on any atom is -0.423 e. The second-order valence-corrected chi connectivity index (χ2v) is 7.92. The van der Waals surface area contributed by atoms with Gasteiger partial charge in [-0.15, -0.1) is 0 Å². The molecule has 0 unspecified atom stereocenters. The van der Waals surface area contributed by atoms with Crippen molar-refractivity contribution >= 4 is 49.6 Å². The van der Waals surface area contributed by atoms with Crippen LogP contribution in [-0.2, 0) is 0 Å². The van der Waals surface area contributed by atoms with Crippen LogP contribution in [0.4, 0.5) is 0 Å². The predicted molar refractivity (Wildman–Crippen MR) is 128 cm³/mol. The van der Waals surface area contributed by atoms with E-state index in [0.717, 1.165) is 43.7 Å². The van der Waals surface area contributed by atoms with Crippen LogP contribution in [0.5, 0.6) is 5.75 Å². The molecule has 0 N–H and O–H groups in total. The van der Waals surface area contributed by atoms with E-state index in [2.05, 4.69) is 24.3 Å². The summed E-state index contributed by atoms with van der Waals surface area (Å²) >= 11 is 0. The molecule has 0 radical (unpaired) electrons. The first-order valence-electron chi connectivity index (χ1n) is 10.5. The van der Waals surface area contributed by atoms with E-state index in [-0.39, 0.29) is 0 Å². The number of carbonyl (C=O) groups excluding carboxylic acids is 1. The van der Waals surface area contributed by atoms with Crippen LogP contribution in [-0.4, -0.2) is 15.9 Å². The van der Waals surface area contributed by atoms with Crippen LogP contribution in [0.2, 0.25) is 0 Å². The molecule has 0 bridgehead atoms. The number of hydrogen-bond acceptors (Lipinski definition) is 4. The molecule has 5 aromatic carbocycles. The van der Waals surface area contributed by atoms with Gasteiger partial charge in [0.15, 0.2) is 0 Å². The summed E-state index contributed by atoms with van der Waals surface area (Å²) in [5, 5.41) is 4.41. The lowest BCUT2D eigenvalue weighted by molar-refractivity contribution is 0.0735. The summed E-state index contributed by atoms with van der Waals surface area (Å²) in [6.07, 6.45) is 0. The summed E-state index contributed by atoms with van der Waals surface area (Å²) in [7, 11) is 0. The molecule has 0 saturated heterocycles. The van der Waals surface area contributed by atoms with Gasteiger partial charge < -0.3 is 4.74 Å². The summed E-state index contributed by atoms with van der Waals surface area (Å²) in [5.41, 5.74) is 4.57. The van der Waals surface area contributed by atoms with E-state index in [0.29, 0.717) is 16.8 Å². The minimum atomic E-state index is -0.414. The topological polar surface area (TPSA) is 52.1 Å². The summed E-state index contributed by atoms with van der Waals surface area (Å²) in [6.45, 7) is 1.96. The van der Waals surface area contributed by atoms with Gasteiger partial charge in [-0.05, 0) is 53.6 Å². The average Bonchev–Trinajstić information content (AvgIpc) is 2.83. The maximum absolute atomic E-state index is 12.7. The van der Waals surface area contributed by atoms with Crippen LogP contribution in [0.3, 0.4) is 0 Å². The van der Waals surface area contributed by atoms with Crippen molar-refractivity contribution in [3.8, 4) is 5.75 Å². The number of fused-ring (bicyclic) bond motifs is 7. The highest BCUT2D eigenvalue weighted by Gasteiger charge is 2.14. The number of aryl methyl sites for hydroxylation is 1. The van der Waals surface area contributed by atoms with E-state index in [1.54, 1.807) is 18.2 Å². The second kappa shape index (κ2) is 7.13. The Kier molecular flexibility index (Phi) is 4.12. The largest absolute Gasteiger partial charge is 0.423 e. The first-order valence-corrected chi connectivity index (χ1v) is 10.5. The van der Waals surface area contributed by atoms with Crippen molar-refractivity contribution in [1.82, 2.24) is 9.97 Å². The zero-order valence-corrected chi connectivity index (χ0v) is 17.4. The maximum Gasteiger partial charge on any atom is 0.343 e. The predicted octanol–water partition coefficient (Wildman–Crippen LogP) is 6.62. The van der Waals surface area contributed by atoms with Crippen LogP contribution in [0.15, 0.2) is 91.0 Å². The van der Waals surface area contributed by atoms with E-state index in [4.69, 9.17) is 14.7 Å². The van der Waals surface area contributed by atoms with Crippen LogP contribution in [0.1, 0.15) is 15.9 Å². The lowest BCUT2D eigenvalue weighted by Gasteiger charge is -2.10. The molecule has 0 atom stereocenters. The highest BCUT2D eigenvalue weighted by atomic mass is 16.5. The number of benzene rings is 5. The molecule has 0 aliphatic carbocycles. The Labute approximate surface area is 184 Å². The van der Waals surface area contributed by atoms with E-state index >= 15 is 0 Å². The van der Waals surface area contributed by atoms with Crippen molar-refractivity contribution in [3.05, 3.63) is 102 Å². The lowest BCUT2D eigenvalue weighted by atomic mass is 9.99. The quantitative estimate of drug-likeness (QED) is 0.138. The maximum atomic E-state index is 12.7. The molecular weight excluding hydrogens is 396 g/mol. The fourth-order valence-electron chi connectivity index (χ4n) is 4.25. The highest BCUT2D eigenvalue weighted by Crippen LogP contribution is 2.34. The molecule has 4 nitrogen and oxygen atoms in total. The number of carbonyl (C=O) groups is 1. The summed E-state index contributed by atoms with van der Waals surface area (Å²) in [5.74, 6) is 0.111. The second-order valence-electron chi connectivity index (χ2n) is 7.92. The molecule has 152 valence electrons. The number of esters is 1. The standard InChI is InChI=1S/C28H18N2O2/c1-17-7-6-8-19(15-17)32-28(31)18-13-14-24-25(16-18)30-27-23-12-5-3-10-21(23)20-9-2-4-11-22(20)26(27)29-24/h2-16H,1H3. The molecule has 0 aliphatic rings. The minimum absolute atomic E-state index is 0.414. The monoisotopic (exact) mass is 414 g/mol. The lowest BCUT2D eigenvalue weighted by Crippen LogP contribution is -2.08. The molecule has 1 heterocycles. The summed E-state index contributed by atoms with van der Waals surface area (Å²) < 4.78 is 5.56. The van der Waals surface area contributed by atoms with Gasteiger partial charge in [0.1, 0.15) is 5.75 Å². The molecule has 6 rings (SSSR count). The molecule has 0 aliphatic heterocycles. The van der Waals surface area contributed by atoms with Crippen molar-refractivity contribution in [3.63, 3.8) is 0 Å². The molecule has 32 heavy (non-hydrogen) atoms. The zero-order chi connectivity index (χ0) is 21.7. The Morgan fingerprint density at radius 2 is 1.28 bits per heavy atom. The van der Waals surface area contributed by atoms with E-state index in [1.807, 2.05) is 55.5 Å². The first kappa shape index (κ1) is 18.5. The van der Waals surface area contributed by atoms with Gasteiger partial charge in [0.05, 0.1) is 27.6 Å². The van der Waals surface area contributed by atoms with Crippen molar-refractivity contribution in [2.24, 2.45) is 0 Å². The fraction of sp³-hybridized carbons (Fsp3) is 0.0357. The molecule has 6 aromatic rings. The third-order valence-electron chi connectivity index (χ3n) is 5.75. The SMILES string of the molecule is Cc1cccc(OC(=O)c2ccc3nc4c5ccccc5c5ccccc5c4nc3c2)c1. The molecular formula is C28H18N2O2. The van der Waals surface area contributed by atoms with Crippen LogP contribution >= 0.6 is 0 Å². The summed E-state index contributed by atoms with van der Waals surface area (Å²) in [6, 6.07) is 29.3. The highest BCUT2D eigenvalue weighted by molar-refractivity contribution is 6.23. The van der Waals surface area contributed by atoms with E-state index in [1.165, 1.54) is 0 Å². The van der Waals surface area contributed by atoms with Gasteiger partial charge in [0.2, 0.25) is 0 Å². The van der Waals surface area contributed by atoms with E-state index in [9.17, 15) is 4.79 Å². The first-order chi connectivity index (χ1) is 15.7. The number of rotatable bonds is 2. The Balaban J connectivity index is 1.54. The van der Waals surface area contributed by atoms with Crippen LogP contribution in [0.25, 0.3) is 43.6 Å². The summed E-state index contributed by atoms with van der Waals surface area (Å²) in [4.78, 5) is 22.6. The van der Waals surface area contributed by atoms with Gasteiger partial charge in [-0.2, -0.15) is 0 Å². The smallest absolute Gasteiger partial charge is 0.343 e. The third kappa shape index (κ3) is 2.96. The normalized spacial score (nSPS) is 11.4. The van der Waals surface area contributed by atoms with Gasteiger partial charge in [0.25, 0.3) is 0 Å².